The fraction of sp³-hybridized carbons (Fsp3) is 0.400. The average molecular weight is 413 g/mol. The molecule has 0 amide bonds. The Morgan fingerprint density at radius 3 is 2.77 bits per heavy atom. The number of anilines is 2. The third-order valence-corrected chi connectivity index (χ3v) is 6.48. The van der Waals surface area contributed by atoms with Crippen molar-refractivity contribution in [2.75, 3.05) is 36.0 Å². The minimum absolute atomic E-state index is 0.198. The number of nitrogens with zero attached hydrogens (tertiary/aromatic N) is 5. The molecule has 2 aliphatic heterocycles. The predicted molar refractivity (Wildman–Crippen MR) is 124 cm³/mol. The molecule has 0 spiro atoms. The number of aryl methyl sites for hydroxylation is 2. The molecule has 5 rings (SSSR count). The summed E-state index contributed by atoms with van der Waals surface area (Å²) in [5, 5.41) is 15.2. The number of aromatic nitrogens is 2. The predicted octanol–water partition coefficient (Wildman–Crippen LogP) is 3.50. The topological polar surface area (TPSA) is 68.1 Å². The van der Waals surface area contributed by atoms with Gasteiger partial charge in [0.15, 0.2) is 0 Å². The van der Waals surface area contributed by atoms with Crippen molar-refractivity contribution in [2.24, 2.45) is 0 Å². The van der Waals surface area contributed by atoms with Gasteiger partial charge in [-0.15, -0.1) is 0 Å². The summed E-state index contributed by atoms with van der Waals surface area (Å²) in [5.74, 6) is 1.89. The second-order valence-corrected chi connectivity index (χ2v) is 8.60. The van der Waals surface area contributed by atoms with Crippen LogP contribution in [0.2, 0.25) is 0 Å². The molecule has 31 heavy (non-hydrogen) atoms. The number of rotatable bonds is 3. The van der Waals surface area contributed by atoms with Crippen LogP contribution in [0.5, 0.6) is 0 Å². The first kappa shape index (κ1) is 19.8. The molecule has 0 bridgehead atoms. The molecular weight excluding hydrogens is 384 g/mol. The fourth-order valence-electron chi connectivity index (χ4n) is 5.03. The van der Waals surface area contributed by atoms with E-state index in [9.17, 15) is 0 Å². The molecule has 3 heterocycles. The van der Waals surface area contributed by atoms with Gasteiger partial charge in [0.2, 0.25) is 0 Å². The monoisotopic (exact) mass is 412 g/mol. The Balaban J connectivity index is 1.49. The largest absolute Gasteiger partial charge is 0.365 e. The molecule has 1 aromatic heterocycles. The first-order chi connectivity index (χ1) is 15.1. The van der Waals surface area contributed by atoms with Crippen molar-refractivity contribution < 1.29 is 0 Å². The van der Waals surface area contributed by atoms with Crippen LogP contribution in [0.15, 0.2) is 36.4 Å². The third kappa shape index (κ3) is 3.70. The molecule has 158 valence electrons. The molecule has 1 unspecified atom stereocenters. The summed E-state index contributed by atoms with van der Waals surface area (Å²) >= 11 is 0. The molecule has 2 aromatic carbocycles. The van der Waals surface area contributed by atoms with E-state index in [1.807, 2.05) is 6.92 Å². The molecule has 6 nitrogen and oxygen atoms in total. The molecule has 0 aliphatic carbocycles. The Labute approximate surface area is 183 Å². The molecule has 1 saturated heterocycles. The average Bonchev–Trinajstić information content (AvgIpc) is 2.78. The van der Waals surface area contributed by atoms with E-state index >= 15 is 0 Å². The summed E-state index contributed by atoms with van der Waals surface area (Å²) in [6.07, 6.45) is 1.46. The number of hydrogen-bond acceptors (Lipinski definition) is 6. The van der Waals surface area contributed by atoms with Crippen LogP contribution in [-0.4, -0.2) is 42.2 Å². The Morgan fingerprint density at radius 2 is 1.94 bits per heavy atom. The zero-order valence-corrected chi connectivity index (χ0v) is 18.2. The molecule has 1 fully saturated rings. The van der Waals surface area contributed by atoms with E-state index in [1.54, 1.807) is 0 Å². The molecule has 2 aliphatic rings. The van der Waals surface area contributed by atoms with Crippen molar-refractivity contribution in [1.29, 1.82) is 5.26 Å². The van der Waals surface area contributed by atoms with Gasteiger partial charge in [-0.3, -0.25) is 0 Å². The van der Waals surface area contributed by atoms with Gasteiger partial charge in [-0.1, -0.05) is 30.3 Å². The number of hydrogen-bond donors (Lipinski definition) is 1. The lowest BCUT2D eigenvalue weighted by Gasteiger charge is -2.37. The second kappa shape index (κ2) is 8.16. The van der Waals surface area contributed by atoms with E-state index < -0.39 is 0 Å². The van der Waals surface area contributed by atoms with E-state index in [1.165, 1.54) is 27.6 Å². The van der Waals surface area contributed by atoms with Crippen LogP contribution in [0.1, 0.15) is 29.1 Å². The number of benzene rings is 2. The van der Waals surface area contributed by atoms with E-state index in [0.29, 0.717) is 6.42 Å². The highest BCUT2D eigenvalue weighted by atomic mass is 15.3. The zero-order chi connectivity index (χ0) is 21.4. The number of nitrogens with one attached hydrogen (secondary N) is 1. The normalized spacial score (nSPS) is 18.7. The quantitative estimate of drug-likeness (QED) is 0.710. The van der Waals surface area contributed by atoms with Gasteiger partial charge < -0.3 is 15.1 Å². The minimum atomic E-state index is 0.198. The van der Waals surface area contributed by atoms with E-state index in [-0.39, 0.29) is 6.04 Å². The first-order valence-corrected chi connectivity index (χ1v) is 11.1. The maximum absolute atomic E-state index is 9.10. The third-order valence-electron chi connectivity index (χ3n) is 6.48. The summed E-state index contributed by atoms with van der Waals surface area (Å²) in [5.41, 5.74) is 5.00. The summed E-state index contributed by atoms with van der Waals surface area (Å²) in [6, 6.07) is 15.6. The lowest BCUT2D eigenvalue weighted by molar-refractivity contribution is 0.458. The Kier molecular flexibility index (Phi) is 5.21. The van der Waals surface area contributed by atoms with Crippen molar-refractivity contribution in [2.45, 2.75) is 39.3 Å². The van der Waals surface area contributed by atoms with E-state index in [4.69, 9.17) is 15.2 Å². The summed E-state index contributed by atoms with van der Waals surface area (Å²) < 4.78 is 0. The SMILES string of the molecule is Cc1nc2c(c(N3CCNC(CC#N)C3)n1)CCN(c1cccc3cccc(C)c13)C2. The van der Waals surface area contributed by atoms with Crippen molar-refractivity contribution in [1.82, 2.24) is 15.3 Å². The maximum atomic E-state index is 9.10. The standard InChI is InChI=1S/C25H28N6/c1-17-5-3-6-19-7-4-8-23(24(17)19)30-13-10-21-22(16-30)28-18(2)29-25(21)31-14-12-27-20(15-31)9-11-26/h3-8,20,27H,9-10,12-16H2,1-2H3. The fourth-order valence-corrected chi connectivity index (χ4v) is 5.03. The second-order valence-electron chi connectivity index (χ2n) is 8.60. The first-order valence-electron chi connectivity index (χ1n) is 11.1. The molecule has 0 saturated carbocycles. The van der Waals surface area contributed by atoms with Gasteiger partial charge in [-0.2, -0.15) is 5.26 Å². The lowest BCUT2D eigenvalue weighted by atomic mass is 9.99. The van der Waals surface area contributed by atoms with Gasteiger partial charge in [-0.05, 0) is 37.3 Å². The molecule has 1 atom stereocenters. The van der Waals surface area contributed by atoms with Gasteiger partial charge in [0.05, 0.1) is 24.7 Å². The van der Waals surface area contributed by atoms with Crippen LogP contribution in [0, 0.1) is 25.2 Å². The highest BCUT2D eigenvalue weighted by Gasteiger charge is 2.28. The van der Waals surface area contributed by atoms with Gasteiger partial charge in [0, 0.05) is 48.9 Å². The van der Waals surface area contributed by atoms with Crippen LogP contribution >= 0.6 is 0 Å². The zero-order valence-electron chi connectivity index (χ0n) is 18.2. The minimum Gasteiger partial charge on any atom is -0.365 e. The molecule has 3 aromatic rings. The maximum Gasteiger partial charge on any atom is 0.135 e. The van der Waals surface area contributed by atoms with Crippen molar-refractivity contribution >= 4 is 22.3 Å². The van der Waals surface area contributed by atoms with Crippen LogP contribution < -0.4 is 15.1 Å². The van der Waals surface area contributed by atoms with Crippen molar-refractivity contribution in [3.8, 4) is 6.07 Å². The van der Waals surface area contributed by atoms with Crippen LogP contribution in [0.3, 0.4) is 0 Å². The highest BCUT2D eigenvalue weighted by Crippen LogP contribution is 2.34. The van der Waals surface area contributed by atoms with Crippen molar-refractivity contribution in [3.05, 3.63) is 59.0 Å². The highest BCUT2D eigenvalue weighted by molar-refractivity contribution is 5.97. The van der Waals surface area contributed by atoms with Crippen LogP contribution in [0.4, 0.5) is 11.5 Å². The smallest absolute Gasteiger partial charge is 0.135 e. The number of piperazine rings is 1. The van der Waals surface area contributed by atoms with Gasteiger partial charge in [0.25, 0.3) is 0 Å². The summed E-state index contributed by atoms with van der Waals surface area (Å²) in [6.45, 7) is 8.54. The number of nitriles is 1. The molecular formula is C25H28N6. The Bertz CT molecular complexity index is 1160. The summed E-state index contributed by atoms with van der Waals surface area (Å²) in [4.78, 5) is 14.5. The molecule has 0 radical (unpaired) electrons. The van der Waals surface area contributed by atoms with Gasteiger partial charge in [-0.25, -0.2) is 9.97 Å². The van der Waals surface area contributed by atoms with Crippen molar-refractivity contribution in [3.63, 3.8) is 0 Å². The Morgan fingerprint density at radius 1 is 1.10 bits per heavy atom. The Hall–Kier alpha value is -3.17. The van der Waals surface area contributed by atoms with Crippen LogP contribution in [-0.2, 0) is 13.0 Å². The van der Waals surface area contributed by atoms with E-state index in [2.05, 4.69) is 64.5 Å². The molecule has 6 heteroatoms. The number of fused-ring (bicyclic) bond motifs is 2. The molecule has 1 N–H and O–H groups in total. The van der Waals surface area contributed by atoms with Crippen LogP contribution in [0.25, 0.3) is 10.8 Å². The van der Waals surface area contributed by atoms with E-state index in [0.717, 1.165) is 56.5 Å². The van der Waals surface area contributed by atoms with Gasteiger partial charge >= 0.3 is 0 Å². The lowest BCUT2D eigenvalue weighted by Crippen LogP contribution is -2.51. The summed E-state index contributed by atoms with van der Waals surface area (Å²) in [7, 11) is 0. The van der Waals surface area contributed by atoms with Gasteiger partial charge in [0.1, 0.15) is 11.6 Å².